The standard InChI is InChI=1S/C21H22ClN5O/c22-18-3-1-15(2-4-18)17-7-10-27(14-17)21(28)16-5-8-26(9-6-16)20-13-24-12-19(11-23)25-20/h1-4,12-13,16-17H,5-10,14H2/t17-/m0/s1. The first-order valence-corrected chi connectivity index (χ1v) is 10.0. The van der Waals surface area contributed by atoms with Gasteiger partial charge < -0.3 is 9.80 Å². The molecule has 1 atom stereocenters. The summed E-state index contributed by atoms with van der Waals surface area (Å²) in [5.74, 6) is 1.44. The second kappa shape index (κ2) is 8.15. The quantitative estimate of drug-likeness (QED) is 0.797. The van der Waals surface area contributed by atoms with E-state index in [1.165, 1.54) is 11.8 Å². The largest absolute Gasteiger partial charge is 0.355 e. The second-order valence-electron chi connectivity index (χ2n) is 7.46. The summed E-state index contributed by atoms with van der Waals surface area (Å²) in [5.41, 5.74) is 1.58. The Labute approximate surface area is 169 Å². The number of amides is 1. The van der Waals surface area contributed by atoms with Crippen molar-refractivity contribution in [3.63, 3.8) is 0 Å². The number of likely N-dealkylation sites (tertiary alicyclic amines) is 1. The maximum atomic E-state index is 13.0. The van der Waals surface area contributed by atoms with Gasteiger partial charge in [-0.05, 0) is 37.0 Å². The van der Waals surface area contributed by atoms with Crippen molar-refractivity contribution in [1.29, 1.82) is 5.26 Å². The topological polar surface area (TPSA) is 73.1 Å². The van der Waals surface area contributed by atoms with E-state index in [2.05, 4.69) is 27.0 Å². The Kier molecular flexibility index (Phi) is 5.45. The number of aromatic nitrogens is 2. The zero-order valence-corrected chi connectivity index (χ0v) is 16.3. The number of hydrogen-bond acceptors (Lipinski definition) is 5. The lowest BCUT2D eigenvalue weighted by Crippen LogP contribution is -2.42. The van der Waals surface area contributed by atoms with Gasteiger partial charge in [0.2, 0.25) is 5.91 Å². The van der Waals surface area contributed by atoms with Crippen LogP contribution in [-0.2, 0) is 4.79 Å². The van der Waals surface area contributed by atoms with Crippen LogP contribution in [0.4, 0.5) is 5.82 Å². The molecule has 1 amide bonds. The van der Waals surface area contributed by atoms with Crippen LogP contribution < -0.4 is 4.90 Å². The third-order valence-electron chi connectivity index (χ3n) is 5.75. The third kappa shape index (κ3) is 3.95. The molecule has 28 heavy (non-hydrogen) atoms. The monoisotopic (exact) mass is 395 g/mol. The number of halogens is 1. The van der Waals surface area contributed by atoms with Crippen molar-refractivity contribution in [2.24, 2.45) is 5.92 Å². The molecule has 0 bridgehead atoms. The Morgan fingerprint density at radius 3 is 2.57 bits per heavy atom. The van der Waals surface area contributed by atoms with Crippen LogP contribution in [-0.4, -0.2) is 47.0 Å². The molecule has 0 saturated carbocycles. The predicted octanol–water partition coefficient (Wildman–Crippen LogP) is 3.23. The molecule has 4 rings (SSSR count). The second-order valence-corrected chi connectivity index (χ2v) is 7.89. The van der Waals surface area contributed by atoms with Gasteiger partial charge in [-0.2, -0.15) is 5.26 Å². The van der Waals surface area contributed by atoms with Gasteiger partial charge in [-0.25, -0.2) is 4.98 Å². The molecule has 2 aromatic rings. The van der Waals surface area contributed by atoms with Crippen molar-refractivity contribution < 1.29 is 4.79 Å². The van der Waals surface area contributed by atoms with Crippen molar-refractivity contribution in [2.75, 3.05) is 31.1 Å². The molecule has 0 radical (unpaired) electrons. The molecule has 1 aromatic carbocycles. The van der Waals surface area contributed by atoms with Crippen molar-refractivity contribution in [3.05, 3.63) is 52.9 Å². The average Bonchev–Trinajstić information content (AvgIpc) is 3.24. The average molecular weight is 396 g/mol. The molecule has 144 valence electrons. The van der Waals surface area contributed by atoms with Crippen LogP contribution in [0.5, 0.6) is 0 Å². The third-order valence-corrected chi connectivity index (χ3v) is 6.00. The van der Waals surface area contributed by atoms with Crippen molar-refractivity contribution >= 4 is 23.3 Å². The molecular weight excluding hydrogens is 374 g/mol. The lowest BCUT2D eigenvalue weighted by atomic mass is 9.95. The highest BCUT2D eigenvalue weighted by Crippen LogP contribution is 2.31. The molecule has 2 aliphatic rings. The van der Waals surface area contributed by atoms with E-state index in [0.717, 1.165) is 50.5 Å². The van der Waals surface area contributed by atoms with Gasteiger partial charge in [-0.1, -0.05) is 23.7 Å². The van der Waals surface area contributed by atoms with Gasteiger partial charge in [0.15, 0.2) is 5.69 Å². The van der Waals surface area contributed by atoms with Crippen LogP contribution >= 0.6 is 11.6 Å². The maximum Gasteiger partial charge on any atom is 0.225 e. The molecule has 0 aliphatic carbocycles. The fourth-order valence-corrected chi connectivity index (χ4v) is 4.27. The maximum absolute atomic E-state index is 13.0. The summed E-state index contributed by atoms with van der Waals surface area (Å²) in [5, 5.41) is 9.73. The van der Waals surface area contributed by atoms with Gasteiger partial charge in [-0.15, -0.1) is 0 Å². The summed E-state index contributed by atoms with van der Waals surface area (Å²) in [6.45, 7) is 3.13. The Morgan fingerprint density at radius 1 is 1.11 bits per heavy atom. The number of piperidine rings is 1. The van der Waals surface area contributed by atoms with Crippen LogP contribution in [0.1, 0.15) is 36.4 Å². The summed E-state index contributed by atoms with van der Waals surface area (Å²) in [6, 6.07) is 9.99. The van der Waals surface area contributed by atoms with Crippen molar-refractivity contribution in [2.45, 2.75) is 25.2 Å². The highest BCUT2D eigenvalue weighted by atomic mass is 35.5. The molecule has 7 heteroatoms. The lowest BCUT2D eigenvalue weighted by molar-refractivity contribution is -0.135. The number of carbonyl (C=O) groups is 1. The van der Waals surface area contributed by atoms with Crippen LogP contribution in [0, 0.1) is 17.2 Å². The lowest BCUT2D eigenvalue weighted by Gasteiger charge is -2.33. The van der Waals surface area contributed by atoms with Gasteiger partial charge in [0.25, 0.3) is 0 Å². The zero-order chi connectivity index (χ0) is 19.5. The number of carbonyl (C=O) groups excluding carboxylic acids is 1. The summed E-state index contributed by atoms with van der Waals surface area (Å²) in [7, 11) is 0. The van der Waals surface area contributed by atoms with Crippen LogP contribution in [0.3, 0.4) is 0 Å². The fraction of sp³-hybridized carbons (Fsp3) is 0.429. The van der Waals surface area contributed by atoms with Gasteiger partial charge >= 0.3 is 0 Å². The highest BCUT2D eigenvalue weighted by molar-refractivity contribution is 6.30. The first-order chi connectivity index (χ1) is 13.6. The molecule has 0 N–H and O–H groups in total. The van der Waals surface area contributed by atoms with E-state index in [-0.39, 0.29) is 11.8 Å². The summed E-state index contributed by atoms with van der Waals surface area (Å²) in [4.78, 5) is 25.5. The minimum absolute atomic E-state index is 0.0623. The summed E-state index contributed by atoms with van der Waals surface area (Å²) < 4.78 is 0. The van der Waals surface area contributed by atoms with Crippen LogP contribution in [0.2, 0.25) is 5.02 Å². The number of rotatable bonds is 3. The zero-order valence-electron chi connectivity index (χ0n) is 15.6. The Hall–Kier alpha value is -2.65. The number of benzene rings is 1. The number of nitriles is 1. The van der Waals surface area contributed by atoms with Crippen LogP contribution in [0.25, 0.3) is 0 Å². The first-order valence-electron chi connectivity index (χ1n) is 9.65. The van der Waals surface area contributed by atoms with Crippen molar-refractivity contribution in [1.82, 2.24) is 14.9 Å². The number of hydrogen-bond donors (Lipinski definition) is 0. The SMILES string of the molecule is N#Cc1cncc(N2CCC(C(=O)N3CC[C@H](c4ccc(Cl)cc4)C3)CC2)n1. The molecular formula is C21H22ClN5O. The normalized spacial score (nSPS) is 20.2. The van der Waals surface area contributed by atoms with E-state index in [1.54, 1.807) is 6.20 Å². The molecule has 1 aromatic heterocycles. The Morgan fingerprint density at radius 2 is 1.86 bits per heavy atom. The minimum Gasteiger partial charge on any atom is -0.355 e. The summed E-state index contributed by atoms with van der Waals surface area (Å²) >= 11 is 5.98. The molecule has 3 heterocycles. The van der Waals surface area contributed by atoms with E-state index in [1.807, 2.05) is 23.1 Å². The van der Waals surface area contributed by atoms with Gasteiger partial charge in [0.1, 0.15) is 11.9 Å². The van der Waals surface area contributed by atoms with E-state index in [0.29, 0.717) is 17.4 Å². The number of nitrogens with zero attached hydrogens (tertiary/aromatic N) is 5. The molecule has 2 saturated heterocycles. The van der Waals surface area contributed by atoms with Gasteiger partial charge in [-0.3, -0.25) is 9.78 Å². The fourth-order valence-electron chi connectivity index (χ4n) is 4.14. The van der Waals surface area contributed by atoms with E-state index in [9.17, 15) is 4.79 Å². The van der Waals surface area contributed by atoms with Gasteiger partial charge in [0.05, 0.1) is 12.4 Å². The first kappa shape index (κ1) is 18.7. The highest BCUT2D eigenvalue weighted by Gasteiger charge is 2.33. The number of anilines is 1. The molecule has 6 nitrogen and oxygen atoms in total. The minimum atomic E-state index is 0.0623. The molecule has 2 aliphatic heterocycles. The van der Waals surface area contributed by atoms with Gasteiger partial charge in [0, 0.05) is 43.0 Å². The van der Waals surface area contributed by atoms with E-state index < -0.39 is 0 Å². The smallest absolute Gasteiger partial charge is 0.225 e. The molecule has 2 fully saturated rings. The Bertz CT molecular complexity index is 886. The molecule has 0 spiro atoms. The molecule has 0 unspecified atom stereocenters. The van der Waals surface area contributed by atoms with E-state index >= 15 is 0 Å². The Balaban J connectivity index is 1.33. The predicted molar refractivity (Wildman–Crippen MR) is 107 cm³/mol. The van der Waals surface area contributed by atoms with E-state index in [4.69, 9.17) is 16.9 Å². The van der Waals surface area contributed by atoms with Crippen molar-refractivity contribution in [3.8, 4) is 6.07 Å². The van der Waals surface area contributed by atoms with Crippen LogP contribution in [0.15, 0.2) is 36.7 Å². The summed E-state index contributed by atoms with van der Waals surface area (Å²) in [6.07, 6.45) is 5.76.